The molecule has 0 radical (unpaired) electrons. The lowest BCUT2D eigenvalue weighted by molar-refractivity contribution is -0.0950. The maximum atomic E-state index is 12.3. The molecule has 0 atom stereocenters. The highest BCUT2D eigenvalue weighted by Crippen LogP contribution is 2.46. The van der Waals surface area contributed by atoms with Crippen LogP contribution in [0.4, 0.5) is 0 Å². The van der Waals surface area contributed by atoms with E-state index in [9.17, 15) is 4.79 Å². The van der Waals surface area contributed by atoms with E-state index in [0.717, 1.165) is 42.8 Å². The highest BCUT2D eigenvalue weighted by molar-refractivity contribution is 5.23. The molecular formula is C16H25N3O2. The van der Waals surface area contributed by atoms with E-state index in [1.807, 2.05) is 6.92 Å². The standard InChI is InChI=1S/C16H25N3O2/c1-4-21-16(7-5-15(2,3)6-8-16)14-18-12-10-17-9-11(12)13(20)19-14/h17H,4-10H2,1-3H3,(H,18,19,20). The molecule has 1 aromatic rings. The van der Waals surface area contributed by atoms with Crippen LogP contribution in [0.15, 0.2) is 4.79 Å². The number of aromatic nitrogens is 2. The third kappa shape index (κ3) is 2.64. The zero-order valence-corrected chi connectivity index (χ0v) is 13.2. The molecule has 3 rings (SSSR count). The number of H-pyrrole nitrogens is 1. The summed E-state index contributed by atoms with van der Waals surface area (Å²) in [5.74, 6) is 0.729. The summed E-state index contributed by atoms with van der Waals surface area (Å²) in [6, 6.07) is 0. The van der Waals surface area contributed by atoms with Gasteiger partial charge in [-0.2, -0.15) is 0 Å². The fourth-order valence-corrected chi connectivity index (χ4v) is 3.45. The van der Waals surface area contributed by atoms with Crippen molar-refractivity contribution in [3.63, 3.8) is 0 Å². The van der Waals surface area contributed by atoms with Gasteiger partial charge in [-0.1, -0.05) is 13.8 Å². The third-order valence-electron chi connectivity index (χ3n) is 4.96. The molecule has 0 unspecified atom stereocenters. The van der Waals surface area contributed by atoms with Gasteiger partial charge in [-0.05, 0) is 38.0 Å². The largest absolute Gasteiger partial charge is 0.367 e. The van der Waals surface area contributed by atoms with Crippen LogP contribution in [0, 0.1) is 5.41 Å². The summed E-state index contributed by atoms with van der Waals surface area (Å²) < 4.78 is 6.11. The van der Waals surface area contributed by atoms with Crippen molar-refractivity contribution in [2.75, 3.05) is 6.61 Å². The lowest BCUT2D eigenvalue weighted by Crippen LogP contribution is -2.40. The van der Waals surface area contributed by atoms with Crippen molar-refractivity contribution in [2.45, 2.75) is 65.1 Å². The minimum absolute atomic E-state index is 0.0103. The first-order valence-corrected chi connectivity index (χ1v) is 7.93. The molecule has 2 aliphatic rings. The molecule has 0 saturated heterocycles. The van der Waals surface area contributed by atoms with Gasteiger partial charge in [0.2, 0.25) is 0 Å². The van der Waals surface area contributed by atoms with E-state index in [2.05, 4.69) is 24.1 Å². The molecule has 0 spiro atoms. The molecule has 21 heavy (non-hydrogen) atoms. The molecular weight excluding hydrogens is 266 g/mol. The number of nitrogens with zero attached hydrogens (tertiary/aromatic N) is 1. The molecule has 116 valence electrons. The van der Waals surface area contributed by atoms with Crippen LogP contribution in [0.5, 0.6) is 0 Å². The Labute approximate surface area is 125 Å². The van der Waals surface area contributed by atoms with E-state index in [0.29, 0.717) is 25.1 Å². The maximum Gasteiger partial charge on any atom is 0.255 e. The van der Waals surface area contributed by atoms with E-state index in [-0.39, 0.29) is 5.56 Å². The van der Waals surface area contributed by atoms with E-state index in [1.165, 1.54) is 0 Å². The Morgan fingerprint density at radius 3 is 2.57 bits per heavy atom. The summed E-state index contributed by atoms with van der Waals surface area (Å²) in [6.07, 6.45) is 4.02. The third-order valence-corrected chi connectivity index (χ3v) is 4.96. The Kier molecular flexibility index (Phi) is 3.66. The van der Waals surface area contributed by atoms with Gasteiger partial charge in [-0.3, -0.25) is 4.79 Å². The lowest BCUT2D eigenvalue weighted by Gasteiger charge is -2.42. The summed E-state index contributed by atoms with van der Waals surface area (Å²) in [5, 5.41) is 3.19. The molecule has 1 aliphatic carbocycles. The topological polar surface area (TPSA) is 67.0 Å². The number of fused-ring (bicyclic) bond motifs is 1. The smallest absolute Gasteiger partial charge is 0.255 e. The number of hydrogen-bond acceptors (Lipinski definition) is 4. The molecule has 1 aromatic heterocycles. The predicted octanol–water partition coefficient (Wildman–Crippen LogP) is 2.21. The van der Waals surface area contributed by atoms with Crippen molar-refractivity contribution in [1.29, 1.82) is 0 Å². The zero-order chi connectivity index (χ0) is 15.1. The maximum absolute atomic E-state index is 12.3. The van der Waals surface area contributed by atoms with Crippen LogP contribution >= 0.6 is 0 Å². The summed E-state index contributed by atoms with van der Waals surface area (Å²) in [5.41, 5.74) is 1.59. The Morgan fingerprint density at radius 2 is 1.90 bits per heavy atom. The highest BCUT2D eigenvalue weighted by atomic mass is 16.5. The number of aromatic amines is 1. The quantitative estimate of drug-likeness (QED) is 0.896. The van der Waals surface area contributed by atoms with Gasteiger partial charge in [-0.25, -0.2) is 4.98 Å². The summed E-state index contributed by atoms with van der Waals surface area (Å²) in [4.78, 5) is 20.0. The average molecular weight is 291 g/mol. The molecule has 1 aliphatic heterocycles. The van der Waals surface area contributed by atoms with Crippen molar-refractivity contribution in [1.82, 2.24) is 15.3 Å². The van der Waals surface area contributed by atoms with Crippen LogP contribution < -0.4 is 10.9 Å². The van der Waals surface area contributed by atoms with E-state index < -0.39 is 5.60 Å². The van der Waals surface area contributed by atoms with Gasteiger partial charge >= 0.3 is 0 Å². The summed E-state index contributed by atoms with van der Waals surface area (Å²) >= 11 is 0. The first-order chi connectivity index (χ1) is 9.96. The van der Waals surface area contributed by atoms with E-state index in [1.54, 1.807) is 0 Å². The molecule has 5 nitrogen and oxygen atoms in total. The second kappa shape index (κ2) is 5.21. The number of hydrogen-bond donors (Lipinski definition) is 2. The van der Waals surface area contributed by atoms with Crippen LogP contribution in [0.25, 0.3) is 0 Å². The van der Waals surface area contributed by atoms with Crippen LogP contribution in [0.2, 0.25) is 0 Å². The van der Waals surface area contributed by atoms with Crippen molar-refractivity contribution < 1.29 is 4.74 Å². The lowest BCUT2D eigenvalue weighted by atomic mass is 9.70. The highest BCUT2D eigenvalue weighted by Gasteiger charge is 2.42. The van der Waals surface area contributed by atoms with Crippen molar-refractivity contribution in [3.05, 3.63) is 27.4 Å². The number of rotatable bonds is 3. The Bertz CT molecular complexity index is 582. The van der Waals surface area contributed by atoms with Crippen LogP contribution in [0.1, 0.15) is 63.5 Å². The molecule has 1 saturated carbocycles. The van der Waals surface area contributed by atoms with Gasteiger partial charge in [0.15, 0.2) is 0 Å². The van der Waals surface area contributed by atoms with Gasteiger partial charge in [0.05, 0.1) is 11.3 Å². The van der Waals surface area contributed by atoms with Crippen molar-refractivity contribution >= 4 is 0 Å². The number of nitrogens with one attached hydrogen (secondary N) is 2. The minimum Gasteiger partial charge on any atom is -0.367 e. The van der Waals surface area contributed by atoms with E-state index >= 15 is 0 Å². The van der Waals surface area contributed by atoms with Gasteiger partial charge in [-0.15, -0.1) is 0 Å². The molecule has 5 heteroatoms. The zero-order valence-electron chi connectivity index (χ0n) is 13.2. The molecule has 0 bridgehead atoms. The van der Waals surface area contributed by atoms with E-state index in [4.69, 9.17) is 9.72 Å². The summed E-state index contributed by atoms with van der Waals surface area (Å²) in [7, 11) is 0. The first kappa shape index (κ1) is 14.7. The van der Waals surface area contributed by atoms with Crippen LogP contribution in [-0.4, -0.2) is 16.6 Å². The second-order valence-electron chi connectivity index (χ2n) is 7.03. The van der Waals surface area contributed by atoms with Crippen molar-refractivity contribution in [3.8, 4) is 0 Å². The molecule has 0 aromatic carbocycles. The first-order valence-electron chi connectivity index (χ1n) is 7.93. The van der Waals surface area contributed by atoms with Gasteiger partial charge in [0, 0.05) is 19.7 Å². The Morgan fingerprint density at radius 1 is 1.19 bits per heavy atom. The summed E-state index contributed by atoms with van der Waals surface area (Å²) in [6.45, 7) is 8.54. The van der Waals surface area contributed by atoms with Crippen LogP contribution in [0.3, 0.4) is 0 Å². The monoisotopic (exact) mass is 291 g/mol. The Balaban J connectivity index is 1.99. The molecule has 1 fully saturated rings. The fraction of sp³-hybridized carbons (Fsp3) is 0.750. The van der Waals surface area contributed by atoms with Gasteiger partial charge in [0.1, 0.15) is 11.4 Å². The fourth-order valence-electron chi connectivity index (χ4n) is 3.45. The Hall–Kier alpha value is -1.20. The van der Waals surface area contributed by atoms with Crippen molar-refractivity contribution in [2.24, 2.45) is 5.41 Å². The normalized spacial score (nSPS) is 23.0. The number of ether oxygens (including phenoxy) is 1. The van der Waals surface area contributed by atoms with Gasteiger partial charge < -0.3 is 15.0 Å². The molecule has 2 heterocycles. The van der Waals surface area contributed by atoms with Gasteiger partial charge in [0.25, 0.3) is 5.56 Å². The predicted molar refractivity (Wildman–Crippen MR) is 81.0 cm³/mol. The van der Waals surface area contributed by atoms with Crippen LogP contribution in [-0.2, 0) is 23.4 Å². The average Bonchev–Trinajstić information content (AvgIpc) is 2.91. The minimum atomic E-state index is -0.416. The molecule has 2 N–H and O–H groups in total. The molecule has 0 amide bonds. The SMILES string of the molecule is CCOC1(c2nc3c(c(=O)[nH]2)CNC3)CCC(C)(C)CC1. The second-order valence-corrected chi connectivity index (χ2v) is 7.03.